The molecule has 0 unspecified atom stereocenters. The number of carbonyl (C=O) groups excluding carboxylic acids is 1. The van der Waals surface area contributed by atoms with E-state index in [9.17, 15) is 18.0 Å². The van der Waals surface area contributed by atoms with Crippen LogP contribution in [0.5, 0.6) is 5.75 Å². The summed E-state index contributed by atoms with van der Waals surface area (Å²) in [6.45, 7) is 6.37. The Balaban J connectivity index is 1.60. The van der Waals surface area contributed by atoms with Gasteiger partial charge in [0.25, 0.3) is 5.91 Å². The number of fused-ring (bicyclic) bond motifs is 2. The summed E-state index contributed by atoms with van der Waals surface area (Å²) in [6, 6.07) is 8.71. The number of amides is 1. The third-order valence-corrected chi connectivity index (χ3v) is 5.90. The van der Waals surface area contributed by atoms with E-state index in [1.165, 1.54) is 6.20 Å². The molecule has 180 valence electrons. The van der Waals surface area contributed by atoms with Gasteiger partial charge in [0.15, 0.2) is 17.3 Å². The Bertz CT molecular complexity index is 1470. The number of carbonyl (C=O) groups is 1. The number of rotatable bonds is 4. The van der Waals surface area contributed by atoms with E-state index in [1.807, 2.05) is 38.1 Å². The smallest absolute Gasteiger partial charge is 0.271 e. The normalized spacial score (nSPS) is 13.2. The van der Waals surface area contributed by atoms with Crippen LogP contribution in [0.25, 0.3) is 16.7 Å². The number of hydrogen-bond acceptors (Lipinski definition) is 5. The average molecular weight is 481 g/mol. The molecule has 1 aliphatic rings. The van der Waals surface area contributed by atoms with Gasteiger partial charge in [0.2, 0.25) is 0 Å². The van der Waals surface area contributed by atoms with Gasteiger partial charge >= 0.3 is 0 Å². The van der Waals surface area contributed by atoms with Crippen molar-refractivity contribution in [2.75, 3.05) is 18.2 Å². The number of hydrazine groups is 1. The summed E-state index contributed by atoms with van der Waals surface area (Å²) < 4.78 is 49.0. The van der Waals surface area contributed by atoms with Crippen LogP contribution in [0.3, 0.4) is 0 Å². The lowest BCUT2D eigenvalue weighted by Gasteiger charge is -2.31. The highest BCUT2D eigenvalue weighted by molar-refractivity contribution is 6.01. The Morgan fingerprint density at radius 3 is 2.69 bits per heavy atom. The summed E-state index contributed by atoms with van der Waals surface area (Å²) in [6.07, 6.45) is 1.38. The van der Waals surface area contributed by atoms with Crippen LogP contribution in [0.2, 0.25) is 0 Å². The molecule has 0 fully saturated rings. The third kappa shape index (κ3) is 3.84. The van der Waals surface area contributed by atoms with Crippen molar-refractivity contribution < 1.29 is 22.7 Å². The van der Waals surface area contributed by atoms with Crippen LogP contribution in [0, 0.1) is 24.4 Å². The predicted octanol–water partition coefficient (Wildman–Crippen LogP) is 4.81. The second kappa shape index (κ2) is 8.61. The van der Waals surface area contributed by atoms with Gasteiger partial charge in [0, 0.05) is 23.7 Å². The van der Waals surface area contributed by atoms with Crippen molar-refractivity contribution in [2.45, 2.75) is 26.7 Å². The molecule has 2 aromatic heterocycles. The second-order valence-electron chi connectivity index (χ2n) is 8.57. The molecule has 4 aromatic rings. The van der Waals surface area contributed by atoms with Crippen LogP contribution in [0.4, 0.5) is 18.9 Å². The Morgan fingerprint density at radius 1 is 1.14 bits per heavy atom. The number of aromatic nitrogens is 3. The van der Waals surface area contributed by atoms with Crippen LogP contribution in [-0.2, 0) is 0 Å². The molecule has 1 amide bonds. The molecule has 0 aliphatic carbocycles. The van der Waals surface area contributed by atoms with Crippen molar-refractivity contribution in [3.05, 3.63) is 76.9 Å². The summed E-state index contributed by atoms with van der Waals surface area (Å²) >= 11 is 0. The van der Waals surface area contributed by atoms with Gasteiger partial charge in [-0.15, -0.1) is 0 Å². The average Bonchev–Trinajstić information content (AvgIpc) is 3.17. The minimum absolute atomic E-state index is 0.135. The zero-order chi connectivity index (χ0) is 24.9. The second-order valence-corrected chi connectivity index (χ2v) is 8.57. The highest BCUT2D eigenvalue weighted by Gasteiger charge is 2.27. The fourth-order valence-corrected chi connectivity index (χ4v) is 4.39. The molecular weight excluding hydrogens is 459 g/mol. The maximum Gasteiger partial charge on any atom is 0.271 e. The topological polar surface area (TPSA) is 72.3 Å². The fourth-order valence-electron chi connectivity index (χ4n) is 4.39. The fraction of sp³-hybridized carbons (Fsp3) is 0.240. The molecule has 10 heteroatoms. The van der Waals surface area contributed by atoms with Crippen molar-refractivity contribution in [3.63, 3.8) is 0 Å². The van der Waals surface area contributed by atoms with E-state index in [2.05, 4.69) is 15.5 Å². The Morgan fingerprint density at radius 2 is 1.91 bits per heavy atom. The van der Waals surface area contributed by atoms with Crippen molar-refractivity contribution in [3.8, 4) is 11.4 Å². The molecular formula is C25H22F3N5O2. The molecule has 35 heavy (non-hydrogen) atoms. The number of para-hydroxylation sites is 2. The zero-order valence-electron chi connectivity index (χ0n) is 19.3. The summed E-state index contributed by atoms with van der Waals surface area (Å²) in [5, 5.41) is 6.56. The monoisotopic (exact) mass is 481 g/mol. The van der Waals surface area contributed by atoms with Crippen molar-refractivity contribution >= 4 is 22.6 Å². The van der Waals surface area contributed by atoms with Gasteiger partial charge in [0.1, 0.15) is 23.9 Å². The molecule has 1 aliphatic heterocycles. The van der Waals surface area contributed by atoms with Crippen LogP contribution in [-0.4, -0.2) is 33.8 Å². The first-order valence-electron chi connectivity index (χ1n) is 11.1. The molecule has 0 saturated heterocycles. The highest BCUT2D eigenvalue weighted by Crippen LogP contribution is 2.33. The lowest BCUT2D eigenvalue weighted by Crippen LogP contribution is -2.47. The number of halogens is 3. The minimum Gasteiger partial charge on any atom is -0.489 e. The molecule has 0 saturated carbocycles. The standard InChI is InChI=1S/C25H22F3N5O2/c1-13(2)21-16(25(34)31-32-8-9-35-20-7-5-4-6-18(20)32)12-29-24-22(21)14(3)30-33(24)19-11-15(26)10-17(27)23(19)28/h4-7,10-13H,8-9H2,1-3H3,(H,31,34). The Kier molecular flexibility index (Phi) is 5.58. The first-order chi connectivity index (χ1) is 16.8. The summed E-state index contributed by atoms with van der Waals surface area (Å²) in [7, 11) is 0. The minimum atomic E-state index is -1.33. The van der Waals surface area contributed by atoms with Crippen LogP contribution in [0.1, 0.15) is 41.4 Å². The molecule has 2 aromatic carbocycles. The number of hydrogen-bond donors (Lipinski definition) is 1. The molecule has 7 nitrogen and oxygen atoms in total. The number of anilines is 1. The lowest BCUT2D eigenvalue weighted by atomic mass is 9.94. The van der Waals surface area contributed by atoms with Crippen molar-refractivity contribution in [1.29, 1.82) is 0 Å². The van der Waals surface area contributed by atoms with E-state index in [1.54, 1.807) is 11.9 Å². The van der Waals surface area contributed by atoms with Crippen LogP contribution < -0.4 is 15.2 Å². The maximum absolute atomic E-state index is 14.5. The first kappa shape index (κ1) is 22.7. The van der Waals surface area contributed by atoms with Gasteiger partial charge < -0.3 is 4.74 Å². The summed E-state index contributed by atoms with van der Waals surface area (Å²) in [5.41, 5.74) is 4.88. The van der Waals surface area contributed by atoms with E-state index in [0.717, 1.165) is 16.4 Å². The van der Waals surface area contributed by atoms with Gasteiger partial charge in [-0.25, -0.2) is 22.8 Å². The number of nitrogens with one attached hydrogen (secondary N) is 1. The molecule has 3 heterocycles. The number of aryl methyl sites for hydroxylation is 1. The summed E-state index contributed by atoms with van der Waals surface area (Å²) in [5.74, 6) is -3.36. The van der Waals surface area contributed by atoms with Gasteiger partial charge in [-0.3, -0.25) is 15.2 Å². The SMILES string of the molecule is Cc1nn(-c2cc(F)cc(F)c2F)c2ncc(C(=O)NN3CCOc4ccccc43)c(C(C)C)c12. The molecule has 0 bridgehead atoms. The highest BCUT2D eigenvalue weighted by atomic mass is 19.2. The number of ether oxygens (including phenoxy) is 1. The van der Waals surface area contributed by atoms with Crippen molar-refractivity contribution in [2.24, 2.45) is 0 Å². The zero-order valence-corrected chi connectivity index (χ0v) is 19.3. The van der Waals surface area contributed by atoms with E-state index in [-0.39, 0.29) is 17.5 Å². The summed E-state index contributed by atoms with van der Waals surface area (Å²) in [4.78, 5) is 17.8. The third-order valence-electron chi connectivity index (χ3n) is 5.90. The van der Waals surface area contributed by atoms with E-state index >= 15 is 0 Å². The van der Waals surface area contributed by atoms with E-state index in [0.29, 0.717) is 47.2 Å². The van der Waals surface area contributed by atoms with E-state index in [4.69, 9.17) is 4.74 Å². The van der Waals surface area contributed by atoms with Gasteiger partial charge in [0.05, 0.1) is 23.5 Å². The van der Waals surface area contributed by atoms with Crippen LogP contribution in [0.15, 0.2) is 42.6 Å². The molecule has 1 N–H and O–H groups in total. The largest absolute Gasteiger partial charge is 0.489 e. The quantitative estimate of drug-likeness (QED) is 0.424. The number of benzene rings is 2. The van der Waals surface area contributed by atoms with Crippen LogP contribution >= 0.6 is 0 Å². The molecule has 0 radical (unpaired) electrons. The van der Waals surface area contributed by atoms with Crippen molar-refractivity contribution in [1.82, 2.24) is 20.2 Å². The number of nitrogens with zero attached hydrogens (tertiary/aromatic N) is 4. The van der Waals surface area contributed by atoms with E-state index < -0.39 is 23.1 Å². The van der Waals surface area contributed by atoms with Gasteiger partial charge in [-0.1, -0.05) is 26.0 Å². The lowest BCUT2D eigenvalue weighted by molar-refractivity contribution is 0.0943. The number of pyridine rings is 1. The maximum atomic E-state index is 14.5. The Labute approximate surface area is 199 Å². The predicted molar refractivity (Wildman–Crippen MR) is 124 cm³/mol. The molecule has 5 rings (SSSR count). The molecule has 0 atom stereocenters. The van der Waals surface area contributed by atoms with Gasteiger partial charge in [-0.2, -0.15) is 5.10 Å². The Hall–Kier alpha value is -4.08. The first-order valence-corrected chi connectivity index (χ1v) is 11.1. The molecule has 0 spiro atoms. The van der Waals surface area contributed by atoms with Gasteiger partial charge in [-0.05, 0) is 30.5 Å².